The van der Waals surface area contributed by atoms with Crippen LogP contribution in [-0.2, 0) is 6.42 Å². The number of fused-ring (bicyclic) bond motifs is 1. The first kappa shape index (κ1) is 17.3. The molecule has 1 unspecified atom stereocenters. The van der Waals surface area contributed by atoms with Crippen LogP contribution in [-0.4, -0.2) is 23.5 Å². The Morgan fingerprint density at radius 2 is 1.85 bits per heavy atom. The summed E-state index contributed by atoms with van der Waals surface area (Å²) in [5.41, 5.74) is 3.98. The van der Waals surface area contributed by atoms with E-state index in [4.69, 9.17) is 0 Å². The second-order valence-electron chi connectivity index (χ2n) is 6.84. The quantitative estimate of drug-likeness (QED) is 0.671. The Kier molecular flexibility index (Phi) is 4.63. The highest BCUT2D eigenvalue weighted by Crippen LogP contribution is 2.33. The van der Waals surface area contributed by atoms with E-state index >= 15 is 0 Å². The van der Waals surface area contributed by atoms with E-state index < -0.39 is 0 Å². The second-order valence-corrected chi connectivity index (χ2v) is 6.84. The largest absolute Gasteiger partial charge is 0.327 e. The van der Waals surface area contributed by atoms with Crippen LogP contribution in [0.25, 0.3) is 0 Å². The van der Waals surface area contributed by atoms with Crippen LogP contribution in [0.15, 0.2) is 72.9 Å². The Labute approximate surface area is 160 Å². The maximum absolute atomic E-state index is 13.3. The highest BCUT2D eigenvalue weighted by molar-refractivity contribution is 6.08. The maximum Gasteiger partial charge on any atom is 0.258 e. The number of carbonyl (C=O) groups excluding carboxylic acids is 1. The lowest BCUT2D eigenvalue weighted by Crippen LogP contribution is -2.35. The van der Waals surface area contributed by atoms with Crippen LogP contribution >= 0.6 is 0 Å². The summed E-state index contributed by atoms with van der Waals surface area (Å²) in [4.78, 5) is 21.8. The third-order valence-corrected chi connectivity index (χ3v) is 5.08. The van der Waals surface area contributed by atoms with Crippen LogP contribution in [0.5, 0.6) is 0 Å². The van der Waals surface area contributed by atoms with E-state index in [1.807, 2.05) is 47.4 Å². The van der Waals surface area contributed by atoms with Gasteiger partial charge in [-0.3, -0.25) is 4.79 Å². The molecule has 4 nitrogen and oxygen atoms in total. The predicted octanol–water partition coefficient (Wildman–Crippen LogP) is 4.83. The van der Waals surface area contributed by atoms with Crippen molar-refractivity contribution in [1.29, 1.82) is 0 Å². The number of amides is 1. The molecule has 0 N–H and O–H groups in total. The number of benzene rings is 2. The zero-order valence-corrected chi connectivity index (χ0v) is 15.7. The lowest BCUT2D eigenvalue weighted by molar-refractivity contribution is 0.0981. The lowest BCUT2D eigenvalue weighted by atomic mass is 10.1. The fourth-order valence-electron chi connectivity index (χ4n) is 3.80. The van der Waals surface area contributed by atoms with Crippen LogP contribution in [0.4, 0.5) is 17.2 Å². The summed E-state index contributed by atoms with van der Waals surface area (Å²) in [7, 11) is 0. The lowest BCUT2D eigenvalue weighted by Gasteiger charge is -2.25. The van der Waals surface area contributed by atoms with Gasteiger partial charge in [0.15, 0.2) is 0 Å². The molecule has 0 fully saturated rings. The van der Waals surface area contributed by atoms with E-state index in [9.17, 15) is 4.79 Å². The van der Waals surface area contributed by atoms with Crippen LogP contribution in [0, 0.1) is 0 Å². The van der Waals surface area contributed by atoms with Crippen molar-refractivity contribution < 1.29 is 4.79 Å². The third kappa shape index (κ3) is 3.19. The molecule has 27 heavy (non-hydrogen) atoms. The Hall–Kier alpha value is -3.14. The summed E-state index contributed by atoms with van der Waals surface area (Å²) in [6.45, 7) is 4.96. The van der Waals surface area contributed by atoms with Crippen molar-refractivity contribution in [2.75, 3.05) is 16.3 Å². The Morgan fingerprint density at radius 1 is 1.11 bits per heavy atom. The Bertz CT molecular complexity index is 955. The van der Waals surface area contributed by atoms with E-state index in [1.54, 1.807) is 12.3 Å². The van der Waals surface area contributed by atoms with Crippen molar-refractivity contribution in [2.24, 2.45) is 0 Å². The van der Waals surface area contributed by atoms with Gasteiger partial charge in [0.25, 0.3) is 5.91 Å². The van der Waals surface area contributed by atoms with Crippen molar-refractivity contribution >= 4 is 23.1 Å². The third-order valence-electron chi connectivity index (χ3n) is 5.08. The first-order chi connectivity index (χ1) is 13.2. The van der Waals surface area contributed by atoms with Crippen molar-refractivity contribution in [3.05, 3.63) is 84.1 Å². The number of carbonyl (C=O) groups is 1. The van der Waals surface area contributed by atoms with Crippen molar-refractivity contribution in [2.45, 2.75) is 26.3 Å². The van der Waals surface area contributed by atoms with Gasteiger partial charge in [0, 0.05) is 35.7 Å². The van der Waals surface area contributed by atoms with E-state index in [1.165, 1.54) is 5.56 Å². The molecular weight excluding hydrogens is 334 g/mol. The van der Waals surface area contributed by atoms with Crippen molar-refractivity contribution in [1.82, 2.24) is 4.98 Å². The van der Waals surface area contributed by atoms with Crippen LogP contribution in [0.2, 0.25) is 0 Å². The fraction of sp³-hybridized carbons (Fsp3) is 0.217. The minimum absolute atomic E-state index is 0.0280. The van der Waals surface area contributed by atoms with E-state index in [0.717, 1.165) is 30.2 Å². The highest BCUT2D eigenvalue weighted by atomic mass is 16.2. The smallest absolute Gasteiger partial charge is 0.258 e. The molecule has 1 aliphatic heterocycles. The molecule has 1 aromatic heterocycles. The van der Waals surface area contributed by atoms with Gasteiger partial charge in [-0.1, -0.05) is 36.4 Å². The molecule has 2 aromatic carbocycles. The van der Waals surface area contributed by atoms with Gasteiger partial charge < -0.3 is 9.80 Å². The van der Waals surface area contributed by atoms with E-state index in [2.05, 4.69) is 41.9 Å². The van der Waals surface area contributed by atoms with Crippen LogP contribution in [0.3, 0.4) is 0 Å². The topological polar surface area (TPSA) is 36.4 Å². The summed E-state index contributed by atoms with van der Waals surface area (Å²) in [5.74, 6) is 0.815. The zero-order valence-electron chi connectivity index (χ0n) is 15.7. The standard InChI is InChI=1S/C23H23N3O/c1-3-25(20-10-5-4-6-11-20)22-16-19(13-14-24-22)23(27)26-17(2)15-18-9-7-8-12-21(18)26/h4-14,16-17H,3,15H2,1-2H3. The highest BCUT2D eigenvalue weighted by Gasteiger charge is 2.31. The molecule has 1 amide bonds. The van der Waals surface area contributed by atoms with Gasteiger partial charge in [-0.05, 0) is 56.2 Å². The monoisotopic (exact) mass is 357 g/mol. The molecule has 3 aromatic rings. The number of para-hydroxylation sites is 2. The maximum atomic E-state index is 13.3. The summed E-state index contributed by atoms with van der Waals surface area (Å²) in [5, 5.41) is 0. The fourth-order valence-corrected chi connectivity index (χ4v) is 3.80. The molecule has 4 rings (SSSR count). The number of hydrogen-bond donors (Lipinski definition) is 0. The number of nitrogens with zero attached hydrogens (tertiary/aromatic N) is 3. The molecule has 0 radical (unpaired) electrons. The van der Waals surface area contributed by atoms with Crippen molar-refractivity contribution in [3.8, 4) is 0 Å². The first-order valence-electron chi connectivity index (χ1n) is 9.39. The average molecular weight is 357 g/mol. The Morgan fingerprint density at radius 3 is 2.63 bits per heavy atom. The number of pyridine rings is 1. The van der Waals surface area contributed by atoms with Gasteiger partial charge in [0.2, 0.25) is 0 Å². The van der Waals surface area contributed by atoms with Gasteiger partial charge in [0.05, 0.1) is 0 Å². The average Bonchev–Trinajstić information content (AvgIpc) is 3.05. The Balaban J connectivity index is 1.68. The number of hydrogen-bond acceptors (Lipinski definition) is 3. The molecule has 1 aliphatic rings. The molecule has 0 saturated heterocycles. The molecule has 0 saturated carbocycles. The number of anilines is 3. The molecule has 1 atom stereocenters. The predicted molar refractivity (Wildman–Crippen MR) is 110 cm³/mol. The first-order valence-corrected chi connectivity index (χ1v) is 9.39. The number of aromatic nitrogens is 1. The minimum atomic E-state index is 0.0280. The molecule has 0 spiro atoms. The van der Waals surface area contributed by atoms with Gasteiger partial charge in [-0.2, -0.15) is 0 Å². The van der Waals surface area contributed by atoms with Gasteiger partial charge in [-0.15, -0.1) is 0 Å². The molecule has 0 bridgehead atoms. The van der Waals surface area contributed by atoms with E-state index in [0.29, 0.717) is 5.56 Å². The summed E-state index contributed by atoms with van der Waals surface area (Å²) in [6, 6.07) is 22.1. The van der Waals surface area contributed by atoms with Gasteiger partial charge in [-0.25, -0.2) is 4.98 Å². The number of rotatable bonds is 4. The second kappa shape index (κ2) is 7.23. The van der Waals surface area contributed by atoms with Gasteiger partial charge >= 0.3 is 0 Å². The molecular formula is C23H23N3O. The SMILES string of the molecule is CCN(c1ccccc1)c1cc(C(=O)N2c3ccccc3CC2C)ccn1. The summed E-state index contributed by atoms with van der Waals surface area (Å²) < 4.78 is 0. The molecule has 0 aliphatic carbocycles. The van der Waals surface area contributed by atoms with Crippen LogP contribution < -0.4 is 9.80 Å². The normalized spacial score (nSPS) is 15.5. The summed E-state index contributed by atoms with van der Waals surface area (Å²) >= 11 is 0. The van der Waals surface area contributed by atoms with Crippen molar-refractivity contribution in [3.63, 3.8) is 0 Å². The van der Waals surface area contributed by atoms with Gasteiger partial charge in [0.1, 0.15) is 5.82 Å². The van der Waals surface area contributed by atoms with E-state index in [-0.39, 0.29) is 11.9 Å². The molecule has 2 heterocycles. The summed E-state index contributed by atoms with van der Waals surface area (Å²) in [6.07, 6.45) is 2.62. The molecule has 4 heteroatoms. The van der Waals surface area contributed by atoms with Crippen LogP contribution in [0.1, 0.15) is 29.8 Å². The minimum Gasteiger partial charge on any atom is -0.327 e. The molecule has 136 valence electrons. The zero-order chi connectivity index (χ0) is 18.8.